The van der Waals surface area contributed by atoms with E-state index in [2.05, 4.69) is 20.3 Å². The van der Waals surface area contributed by atoms with Crippen LogP contribution in [0, 0.1) is 0 Å². The standard InChI is InChI=1S/C19H23N7O5/c1-21-19(30)25(6-10-2-4-11(20)5-3-10)16-13-17(23-8-22-16)26(9-24-13)18-15(29)14(28)12(7-27)31-18/h2-5,8-9,12,14-15,18,27-29H,6-7,20H2,1H3,(H,21,30). The number of carbonyl (C=O) groups excluding carboxylic acids is 1. The van der Waals surface area contributed by atoms with Crippen LogP contribution in [0.4, 0.5) is 16.3 Å². The number of hydrogen-bond donors (Lipinski definition) is 5. The van der Waals surface area contributed by atoms with Gasteiger partial charge in [0.15, 0.2) is 23.2 Å². The summed E-state index contributed by atoms with van der Waals surface area (Å²) in [5.41, 5.74) is 7.78. The number of hydrogen-bond acceptors (Lipinski definition) is 9. The minimum Gasteiger partial charge on any atom is -0.399 e. The molecule has 2 aromatic heterocycles. The van der Waals surface area contributed by atoms with E-state index in [4.69, 9.17) is 10.5 Å². The maximum atomic E-state index is 12.6. The first kappa shape index (κ1) is 20.9. The van der Waals surface area contributed by atoms with Gasteiger partial charge in [-0.05, 0) is 17.7 Å². The number of rotatable bonds is 5. The molecule has 12 nitrogen and oxygen atoms in total. The molecular weight excluding hydrogens is 406 g/mol. The molecule has 3 aromatic rings. The molecule has 6 N–H and O–H groups in total. The molecule has 1 aliphatic heterocycles. The third kappa shape index (κ3) is 3.77. The van der Waals surface area contributed by atoms with E-state index < -0.39 is 37.2 Å². The van der Waals surface area contributed by atoms with Gasteiger partial charge in [0.1, 0.15) is 24.6 Å². The molecule has 1 saturated heterocycles. The Hall–Kier alpha value is -3.32. The van der Waals surface area contributed by atoms with E-state index in [1.54, 1.807) is 24.3 Å². The van der Waals surface area contributed by atoms with Gasteiger partial charge < -0.3 is 31.1 Å². The van der Waals surface area contributed by atoms with E-state index >= 15 is 0 Å². The third-order valence-electron chi connectivity index (χ3n) is 5.17. The Morgan fingerprint density at radius 1 is 1.23 bits per heavy atom. The molecule has 31 heavy (non-hydrogen) atoms. The highest BCUT2D eigenvalue weighted by Gasteiger charge is 2.44. The van der Waals surface area contributed by atoms with Gasteiger partial charge in [-0.25, -0.2) is 19.7 Å². The number of nitrogens with one attached hydrogen (secondary N) is 1. The number of nitrogens with two attached hydrogens (primary N) is 1. The van der Waals surface area contributed by atoms with E-state index in [-0.39, 0.29) is 12.4 Å². The predicted molar refractivity (Wildman–Crippen MR) is 110 cm³/mol. The third-order valence-corrected chi connectivity index (χ3v) is 5.17. The van der Waals surface area contributed by atoms with Crippen molar-refractivity contribution in [3.8, 4) is 0 Å². The molecule has 1 aliphatic rings. The number of aliphatic hydroxyl groups is 3. The summed E-state index contributed by atoms with van der Waals surface area (Å²) in [6.07, 6.45) is -1.85. The van der Waals surface area contributed by atoms with Gasteiger partial charge in [-0.3, -0.25) is 9.47 Å². The number of aliphatic hydroxyl groups excluding tert-OH is 3. The van der Waals surface area contributed by atoms with E-state index in [1.165, 1.54) is 29.2 Å². The Morgan fingerprint density at radius 3 is 2.61 bits per heavy atom. The zero-order valence-corrected chi connectivity index (χ0v) is 16.7. The van der Waals surface area contributed by atoms with Gasteiger partial charge in [-0.2, -0.15) is 0 Å². The number of carbonyl (C=O) groups is 1. The molecule has 0 saturated carbocycles. The van der Waals surface area contributed by atoms with Crippen LogP contribution in [-0.2, 0) is 11.3 Å². The van der Waals surface area contributed by atoms with Crippen LogP contribution in [0.15, 0.2) is 36.9 Å². The average molecular weight is 429 g/mol. The number of fused-ring (bicyclic) bond motifs is 1. The summed E-state index contributed by atoms with van der Waals surface area (Å²) in [7, 11) is 1.51. The number of benzene rings is 1. The summed E-state index contributed by atoms with van der Waals surface area (Å²) in [5.74, 6) is 0.256. The molecule has 0 radical (unpaired) electrons. The highest BCUT2D eigenvalue weighted by Crippen LogP contribution is 2.33. The number of aromatic nitrogens is 4. The van der Waals surface area contributed by atoms with Crippen LogP contribution < -0.4 is 16.0 Å². The second kappa shape index (κ2) is 8.43. The number of amides is 2. The summed E-state index contributed by atoms with van der Waals surface area (Å²) in [6.45, 7) is -0.250. The number of nitrogens with zero attached hydrogens (tertiary/aromatic N) is 5. The fourth-order valence-corrected chi connectivity index (χ4v) is 3.52. The number of ether oxygens (including phenoxy) is 1. The fraction of sp³-hybridized carbons (Fsp3) is 0.368. The van der Waals surface area contributed by atoms with Gasteiger partial charge in [0.05, 0.1) is 19.5 Å². The lowest BCUT2D eigenvalue weighted by Gasteiger charge is -2.22. The molecular formula is C19H23N7O5. The normalized spacial score (nSPS) is 23.2. The SMILES string of the molecule is CNC(=O)N(Cc1ccc(N)cc1)c1ncnc2c1ncn2C1OC(CO)C(O)C1O. The number of imidazole rings is 1. The van der Waals surface area contributed by atoms with Crippen LogP contribution in [0.25, 0.3) is 11.2 Å². The largest absolute Gasteiger partial charge is 0.399 e. The van der Waals surface area contributed by atoms with Gasteiger partial charge in [0.2, 0.25) is 0 Å². The second-order valence-corrected chi connectivity index (χ2v) is 7.13. The zero-order valence-electron chi connectivity index (χ0n) is 16.7. The van der Waals surface area contributed by atoms with Crippen molar-refractivity contribution in [2.24, 2.45) is 0 Å². The van der Waals surface area contributed by atoms with Crippen molar-refractivity contribution >= 4 is 28.7 Å². The Bertz CT molecular complexity index is 1070. The summed E-state index contributed by atoms with van der Waals surface area (Å²) in [4.78, 5) is 26.8. The minimum absolute atomic E-state index is 0.201. The topological polar surface area (TPSA) is 172 Å². The van der Waals surface area contributed by atoms with Crippen LogP contribution in [0.2, 0.25) is 0 Å². The monoisotopic (exact) mass is 429 g/mol. The van der Waals surface area contributed by atoms with Crippen LogP contribution in [0.1, 0.15) is 11.8 Å². The number of anilines is 2. The summed E-state index contributed by atoms with van der Waals surface area (Å²) >= 11 is 0. The van der Waals surface area contributed by atoms with Crippen LogP contribution in [-0.4, -0.2) is 72.8 Å². The maximum Gasteiger partial charge on any atom is 0.323 e. The van der Waals surface area contributed by atoms with Crippen molar-refractivity contribution in [3.63, 3.8) is 0 Å². The highest BCUT2D eigenvalue weighted by molar-refractivity contribution is 5.97. The fourth-order valence-electron chi connectivity index (χ4n) is 3.52. The Kier molecular flexibility index (Phi) is 5.69. The van der Waals surface area contributed by atoms with Crippen LogP contribution in [0.5, 0.6) is 0 Å². The number of nitrogen functional groups attached to an aromatic ring is 1. The Morgan fingerprint density at radius 2 is 1.97 bits per heavy atom. The Balaban J connectivity index is 1.73. The van der Waals surface area contributed by atoms with Crippen molar-refractivity contribution in [1.82, 2.24) is 24.8 Å². The first-order chi connectivity index (χ1) is 14.9. The van der Waals surface area contributed by atoms with Gasteiger partial charge in [0.25, 0.3) is 0 Å². The summed E-state index contributed by atoms with van der Waals surface area (Å²) in [5, 5.41) is 32.3. The lowest BCUT2D eigenvalue weighted by Crippen LogP contribution is -2.38. The molecule has 1 fully saturated rings. The lowest BCUT2D eigenvalue weighted by molar-refractivity contribution is -0.0511. The molecule has 12 heteroatoms. The second-order valence-electron chi connectivity index (χ2n) is 7.13. The molecule has 0 spiro atoms. The number of urea groups is 1. The molecule has 3 heterocycles. The first-order valence-corrected chi connectivity index (χ1v) is 9.58. The quantitative estimate of drug-likeness (QED) is 0.331. The van der Waals surface area contributed by atoms with Crippen molar-refractivity contribution in [2.75, 3.05) is 24.3 Å². The molecule has 2 amide bonds. The van der Waals surface area contributed by atoms with Gasteiger partial charge >= 0.3 is 6.03 Å². The summed E-state index contributed by atoms with van der Waals surface area (Å²) < 4.78 is 7.01. The smallest absolute Gasteiger partial charge is 0.323 e. The summed E-state index contributed by atoms with van der Waals surface area (Å²) in [6, 6.07) is 6.69. The van der Waals surface area contributed by atoms with E-state index in [9.17, 15) is 20.1 Å². The van der Waals surface area contributed by atoms with Crippen molar-refractivity contribution in [3.05, 3.63) is 42.5 Å². The molecule has 4 unspecified atom stereocenters. The Labute approximate surface area is 176 Å². The zero-order chi connectivity index (χ0) is 22.1. The highest BCUT2D eigenvalue weighted by atomic mass is 16.6. The molecule has 0 bridgehead atoms. The van der Waals surface area contributed by atoms with Gasteiger partial charge in [-0.1, -0.05) is 12.1 Å². The molecule has 4 atom stereocenters. The van der Waals surface area contributed by atoms with E-state index in [1.807, 2.05) is 0 Å². The minimum atomic E-state index is -1.29. The first-order valence-electron chi connectivity index (χ1n) is 9.58. The maximum absolute atomic E-state index is 12.6. The molecule has 4 rings (SSSR count). The van der Waals surface area contributed by atoms with Gasteiger partial charge in [-0.15, -0.1) is 0 Å². The van der Waals surface area contributed by atoms with Crippen LogP contribution >= 0.6 is 0 Å². The molecule has 0 aliphatic carbocycles. The predicted octanol–water partition coefficient (Wildman–Crippen LogP) is -0.634. The average Bonchev–Trinajstić information content (AvgIpc) is 3.34. The van der Waals surface area contributed by atoms with Crippen LogP contribution in [0.3, 0.4) is 0 Å². The van der Waals surface area contributed by atoms with Gasteiger partial charge in [0, 0.05) is 12.7 Å². The lowest BCUT2D eigenvalue weighted by atomic mass is 10.1. The van der Waals surface area contributed by atoms with E-state index in [0.717, 1.165) is 5.56 Å². The van der Waals surface area contributed by atoms with E-state index in [0.29, 0.717) is 16.9 Å². The van der Waals surface area contributed by atoms with Crippen molar-refractivity contribution in [1.29, 1.82) is 0 Å². The molecule has 164 valence electrons. The van der Waals surface area contributed by atoms with Crippen molar-refractivity contribution < 1.29 is 24.9 Å². The van der Waals surface area contributed by atoms with Crippen molar-refractivity contribution in [2.45, 2.75) is 31.1 Å². The molecule has 1 aromatic carbocycles.